The van der Waals surface area contributed by atoms with Crippen molar-refractivity contribution in [3.05, 3.63) is 28.0 Å². The summed E-state index contributed by atoms with van der Waals surface area (Å²) in [6.07, 6.45) is 1.00. The number of carbonyl (C=O) groups is 2. The number of aromatic nitrogens is 4. The third kappa shape index (κ3) is 4.74. The summed E-state index contributed by atoms with van der Waals surface area (Å²) in [5.74, 6) is -1.21. The molecule has 2 rings (SSSR count). The molecule has 2 heterocycles. The molecule has 0 aliphatic rings. The van der Waals surface area contributed by atoms with Crippen LogP contribution in [0.5, 0.6) is 0 Å². The summed E-state index contributed by atoms with van der Waals surface area (Å²) >= 11 is 1.42. The van der Waals surface area contributed by atoms with E-state index in [-0.39, 0.29) is 24.5 Å². The largest absolute Gasteiger partial charge is 0.476 e. The van der Waals surface area contributed by atoms with Crippen LogP contribution in [0.15, 0.2) is 11.6 Å². The van der Waals surface area contributed by atoms with E-state index >= 15 is 0 Å². The Morgan fingerprint density at radius 3 is 2.74 bits per heavy atom. The molecule has 0 radical (unpaired) electrons. The third-order valence-electron chi connectivity index (χ3n) is 2.61. The molecule has 0 saturated heterocycles. The number of ether oxygens (including phenoxy) is 1. The first kappa shape index (κ1) is 16.9. The number of carboxylic acids is 1. The van der Waals surface area contributed by atoms with Crippen molar-refractivity contribution in [1.29, 1.82) is 0 Å². The number of carbonyl (C=O) groups excluding carboxylic acids is 1. The molecule has 124 valence electrons. The van der Waals surface area contributed by atoms with Gasteiger partial charge in [-0.05, 0) is 20.8 Å². The van der Waals surface area contributed by atoms with Crippen LogP contribution in [0.1, 0.15) is 42.0 Å². The second-order valence-electron chi connectivity index (χ2n) is 5.63. The van der Waals surface area contributed by atoms with Crippen molar-refractivity contribution in [2.75, 3.05) is 0 Å². The summed E-state index contributed by atoms with van der Waals surface area (Å²) in [6, 6.07) is 0. The SMILES string of the molecule is CC(C)(C)OC(=O)NCc1c(C(=O)O)nnn1Cc1nccs1. The smallest absolute Gasteiger partial charge is 0.407 e. The van der Waals surface area contributed by atoms with Gasteiger partial charge in [-0.2, -0.15) is 0 Å². The number of amides is 1. The minimum Gasteiger partial charge on any atom is -0.476 e. The third-order valence-corrected chi connectivity index (χ3v) is 3.37. The van der Waals surface area contributed by atoms with E-state index in [4.69, 9.17) is 4.74 Å². The van der Waals surface area contributed by atoms with Crippen LogP contribution in [0.25, 0.3) is 0 Å². The Kier molecular flexibility index (Phi) is 4.94. The molecule has 2 aromatic rings. The summed E-state index contributed by atoms with van der Waals surface area (Å²) in [5, 5.41) is 21.7. The molecule has 10 heteroatoms. The van der Waals surface area contributed by atoms with Gasteiger partial charge in [0.2, 0.25) is 0 Å². The lowest BCUT2D eigenvalue weighted by Crippen LogP contribution is -2.33. The van der Waals surface area contributed by atoms with Crippen molar-refractivity contribution in [1.82, 2.24) is 25.3 Å². The van der Waals surface area contributed by atoms with Gasteiger partial charge >= 0.3 is 12.1 Å². The van der Waals surface area contributed by atoms with Gasteiger partial charge in [0.1, 0.15) is 10.6 Å². The molecule has 0 spiro atoms. The first-order valence-electron chi connectivity index (χ1n) is 6.77. The van der Waals surface area contributed by atoms with Crippen LogP contribution in [0.4, 0.5) is 4.79 Å². The first-order chi connectivity index (χ1) is 10.8. The molecular weight excluding hydrogens is 322 g/mol. The Morgan fingerprint density at radius 2 is 2.17 bits per heavy atom. The molecule has 23 heavy (non-hydrogen) atoms. The van der Waals surface area contributed by atoms with E-state index in [0.717, 1.165) is 5.01 Å². The van der Waals surface area contributed by atoms with Crippen LogP contribution in [0.2, 0.25) is 0 Å². The van der Waals surface area contributed by atoms with Crippen molar-refractivity contribution < 1.29 is 19.4 Å². The monoisotopic (exact) mass is 339 g/mol. The average Bonchev–Trinajstić information content (AvgIpc) is 3.04. The van der Waals surface area contributed by atoms with E-state index < -0.39 is 17.7 Å². The molecule has 0 saturated carbocycles. The van der Waals surface area contributed by atoms with Gasteiger partial charge in [-0.3, -0.25) is 0 Å². The molecule has 0 atom stereocenters. The van der Waals surface area contributed by atoms with Crippen LogP contribution in [0, 0.1) is 0 Å². The van der Waals surface area contributed by atoms with Crippen molar-refractivity contribution in [3.8, 4) is 0 Å². The molecule has 2 N–H and O–H groups in total. The lowest BCUT2D eigenvalue weighted by molar-refractivity contribution is 0.0519. The van der Waals surface area contributed by atoms with Crippen molar-refractivity contribution in [2.24, 2.45) is 0 Å². The van der Waals surface area contributed by atoms with Crippen LogP contribution >= 0.6 is 11.3 Å². The molecule has 0 unspecified atom stereocenters. The molecule has 0 aliphatic carbocycles. The summed E-state index contributed by atoms with van der Waals surface area (Å²) in [7, 11) is 0. The molecule has 0 aromatic carbocycles. The zero-order valence-electron chi connectivity index (χ0n) is 12.9. The van der Waals surface area contributed by atoms with Crippen LogP contribution in [-0.2, 0) is 17.8 Å². The molecule has 2 aromatic heterocycles. The normalized spacial score (nSPS) is 11.3. The lowest BCUT2D eigenvalue weighted by Gasteiger charge is -2.19. The topological polar surface area (TPSA) is 119 Å². The van der Waals surface area contributed by atoms with E-state index in [1.807, 2.05) is 5.38 Å². The second kappa shape index (κ2) is 6.73. The van der Waals surface area contributed by atoms with Crippen LogP contribution in [0.3, 0.4) is 0 Å². The Hall–Kier alpha value is -2.49. The summed E-state index contributed by atoms with van der Waals surface area (Å²) in [5.41, 5.74) is -0.574. The van der Waals surface area contributed by atoms with Crippen molar-refractivity contribution in [3.63, 3.8) is 0 Å². The van der Waals surface area contributed by atoms with Gasteiger partial charge in [0.05, 0.1) is 18.8 Å². The number of nitrogens with zero attached hydrogens (tertiary/aromatic N) is 4. The van der Waals surface area contributed by atoms with Gasteiger partial charge < -0.3 is 15.2 Å². The first-order valence-corrected chi connectivity index (χ1v) is 7.65. The van der Waals surface area contributed by atoms with Gasteiger partial charge in [-0.15, -0.1) is 16.4 Å². The highest BCUT2D eigenvalue weighted by Crippen LogP contribution is 2.12. The Morgan fingerprint density at radius 1 is 1.43 bits per heavy atom. The zero-order chi connectivity index (χ0) is 17.0. The summed E-state index contributed by atoms with van der Waals surface area (Å²) in [4.78, 5) is 27.1. The maximum Gasteiger partial charge on any atom is 0.407 e. The summed E-state index contributed by atoms with van der Waals surface area (Å²) < 4.78 is 6.53. The van der Waals surface area contributed by atoms with E-state index in [0.29, 0.717) is 0 Å². The number of hydrogen-bond acceptors (Lipinski definition) is 7. The highest BCUT2D eigenvalue weighted by atomic mass is 32.1. The lowest BCUT2D eigenvalue weighted by atomic mass is 10.2. The standard InChI is InChI=1S/C13H17N5O4S/c1-13(2,3)22-12(21)15-6-8-10(11(19)20)16-17-18(8)7-9-14-4-5-23-9/h4-5H,6-7H2,1-3H3,(H,15,21)(H,19,20). The Labute approximate surface area is 136 Å². The fourth-order valence-corrected chi connectivity index (χ4v) is 2.33. The minimum absolute atomic E-state index is 0.0606. The number of rotatable bonds is 5. The number of alkyl carbamates (subject to hydrolysis) is 1. The van der Waals surface area contributed by atoms with E-state index in [9.17, 15) is 14.7 Å². The van der Waals surface area contributed by atoms with Crippen LogP contribution < -0.4 is 5.32 Å². The Bertz CT molecular complexity index is 690. The van der Waals surface area contributed by atoms with Crippen molar-refractivity contribution in [2.45, 2.75) is 39.5 Å². The fraction of sp³-hybridized carbons (Fsp3) is 0.462. The molecular formula is C13H17N5O4S. The maximum absolute atomic E-state index is 11.7. The number of thiazole rings is 1. The van der Waals surface area contributed by atoms with Gasteiger partial charge in [0, 0.05) is 11.6 Å². The van der Waals surface area contributed by atoms with E-state index in [2.05, 4.69) is 20.6 Å². The number of hydrogen-bond donors (Lipinski definition) is 2. The van der Waals surface area contributed by atoms with Crippen LogP contribution in [-0.4, -0.2) is 42.7 Å². The quantitative estimate of drug-likeness (QED) is 0.847. The molecule has 0 bridgehead atoms. The van der Waals surface area contributed by atoms with Gasteiger partial charge in [-0.1, -0.05) is 5.21 Å². The number of carboxylic acid groups (broad SMARTS) is 1. The molecule has 1 amide bonds. The number of nitrogens with one attached hydrogen (secondary N) is 1. The van der Waals surface area contributed by atoms with E-state index in [1.165, 1.54) is 16.0 Å². The number of aromatic carboxylic acids is 1. The fourth-order valence-electron chi connectivity index (χ4n) is 1.73. The average molecular weight is 339 g/mol. The highest BCUT2D eigenvalue weighted by molar-refractivity contribution is 7.09. The predicted molar refractivity (Wildman–Crippen MR) is 81.3 cm³/mol. The van der Waals surface area contributed by atoms with Crippen molar-refractivity contribution >= 4 is 23.4 Å². The highest BCUT2D eigenvalue weighted by Gasteiger charge is 2.22. The van der Waals surface area contributed by atoms with Gasteiger partial charge in [-0.25, -0.2) is 19.3 Å². The molecule has 9 nitrogen and oxygen atoms in total. The maximum atomic E-state index is 11.7. The zero-order valence-corrected chi connectivity index (χ0v) is 13.8. The molecule has 0 fully saturated rings. The summed E-state index contributed by atoms with van der Waals surface area (Å²) in [6.45, 7) is 5.44. The second-order valence-corrected chi connectivity index (χ2v) is 6.61. The van der Waals surface area contributed by atoms with Gasteiger partial charge in [0.15, 0.2) is 5.69 Å². The van der Waals surface area contributed by atoms with Gasteiger partial charge in [0.25, 0.3) is 0 Å². The predicted octanol–water partition coefficient (Wildman–Crippen LogP) is 1.51. The minimum atomic E-state index is -1.21. The Balaban J connectivity index is 2.13. The molecule has 0 aliphatic heterocycles. The van der Waals surface area contributed by atoms with E-state index in [1.54, 1.807) is 27.0 Å².